The Morgan fingerprint density at radius 1 is 1.24 bits per heavy atom. The topological polar surface area (TPSA) is 44.9 Å². The minimum Gasteiger partial charge on any atom is -0.362 e. The molecule has 2 heterocycles. The standard InChI is InChI=1S/C14H11F3N4/c15-14(16,17)12-7-11(2-1-10(12)8-18)21-6-5-20-4-3-19-13(20)9-21/h1-4,7H,5-6,9H2. The third kappa shape index (κ3) is 2.44. The van der Waals surface area contributed by atoms with Gasteiger partial charge < -0.3 is 9.47 Å². The monoisotopic (exact) mass is 292 g/mol. The van der Waals surface area contributed by atoms with Crippen molar-refractivity contribution in [2.24, 2.45) is 0 Å². The molecule has 0 aliphatic carbocycles. The van der Waals surface area contributed by atoms with Gasteiger partial charge in [0.05, 0.1) is 23.7 Å². The molecule has 0 atom stereocenters. The molecule has 4 nitrogen and oxygen atoms in total. The number of nitrogens with zero attached hydrogens (tertiary/aromatic N) is 4. The van der Waals surface area contributed by atoms with E-state index in [9.17, 15) is 13.2 Å². The van der Waals surface area contributed by atoms with Gasteiger partial charge in [-0.2, -0.15) is 18.4 Å². The fourth-order valence-corrected chi connectivity index (χ4v) is 2.45. The molecule has 3 rings (SSSR count). The molecule has 0 N–H and O–H groups in total. The Morgan fingerprint density at radius 2 is 2.05 bits per heavy atom. The first kappa shape index (κ1) is 13.5. The van der Waals surface area contributed by atoms with Gasteiger partial charge in [-0.25, -0.2) is 4.98 Å². The molecule has 0 saturated carbocycles. The Balaban J connectivity index is 1.96. The van der Waals surface area contributed by atoms with Crippen LogP contribution in [-0.2, 0) is 19.3 Å². The van der Waals surface area contributed by atoms with Crippen molar-refractivity contribution in [3.8, 4) is 6.07 Å². The van der Waals surface area contributed by atoms with Gasteiger partial charge in [0.15, 0.2) is 0 Å². The van der Waals surface area contributed by atoms with Crippen LogP contribution in [0, 0.1) is 11.3 Å². The fraction of sp³-hybridized carbons (Fsp3) is 0.286. The number of hydrogen-bond acceptors (Lipinski definition) is 3. The van der Waals surface area contributed by atoms with Crippen molar-refractivity contribution in [2.45, 2.75) is 19.3 Å². The molecule has 0 fully saturated rings. The van der Waals surface area contributed by atoms with Gasteiger partial charge >= 0.3 is 6.18 Å². The molecule has 0 bridgehead atoms. The Labute approximate surface area is 119 Å². The lowest BCUT2D eigenvalue weighted by Gasteiger charge is -2.30. The SMILES string of the molecule is N#Cc1ccc(N2CCn3ccnc3C2)cc1C(F)(F)F. The van der Waals surface area contributed by atoms with E-state index in [1.165, 1.54) is 6.07 Å². The second kappa shape index (κ2) is 4.81. The average Bonchev–Trinajstić information content (AvgIpc) is 2.93. The molecule has 0 radical (unpaired) electrons. The zero-order chi connectivity index (χ0) is 15.0. The molecule has 7 heteroatoms. The van der Waals surface area contributed by atoms with Crippen LogP contribution in [0.3, 0.4) is 0 Å². The normalized spacial score (nSPS) is 14.7. The maximum atomic E-state index is 13.0. The first-order chi connectivity index (χ1) is 9.99. The number of benzene rings is 1. The molecule has 0 spiro atoms. The molecule has 2 aromatic rings. The van der Waals surface area contributed by atoms with Crippen LogP contribution in [0.5, 0.6) is 0 Å². The maximum absolute atomic E-state index is 13.0. The third-order valence-electron chi connectivity index (χ3n) is 3.54. The molecular formula is C14H11F3N4. The van der Waals surface area contributed by atoms with Gasteiger partial charge in [0.2, 0.25) is 0 Å². The van der Waals surface area contributed by atoms with Crippen LogP contribution in [0.25, 0.3) is 0 Å². The minimum absolute atomic E-state index is 0.357. The molecule has 0 saturated heterocycles. The Bertz CT molecular complexity index is 712. The second-order valence-electron chi connectivity index (χ2n) is 4.80. The van der Waals surface area contributed by atoms with Gasteiger partial charge in [-0.05, 0) is 18.2 Å². The summed E-state index contributed by atoms with van der Waals surface area (Å²) in [5.74, 6) is 0.819. The maximum Gasteiger partial charge on any atom is 0.417 e. The molecule has 0 amide bonds. The van der Waals surface area contributed by atoms with E-state index in [1.54, 1.807) is 18.3 Å². The van der Waals surface area contributed by atoms with E-state index in [2.05, 4.69) is 4.98 Å². The Kier molecular flexibility index (Phi) is 3.09. The van der Waals surface area contributed by atoms with Crippen molar-refractivity contribution in [1.82, 2.24) is 9.55 Å². The summed E-state index contributed by atoms with van der Waals surface area (Å²) < 4.78 is 40.9. The van der Waals surface area contributed by atoms with Crippen molar-refractivity contribution in [3.63, 3.8) is 0 Å². The van der Waals surface area contributed by atoms with E-state index in [-0.39, 0.29) is 5.56 Å². The summed E-state index contributed by atoms with van der Waals surface area (Å²) in [6, 6.07) is 5.40. The van der Waals surface area contributed by atoms with E-state index in [0.29, 0.717) is 25.3 Å². The number of anilines is 1. The summed E-state index contributed by atoms with van der Waals surface area (Å²) in [5.41, 5.74) is -0.795. The lowest BCUT2D eigenvalue weighted by atomic mass is 10.1. The summed E-state index contributed by atoms with van der Waals surface area (Å²) in [6.45, 7) is 1.74. The number of halogens is 3. The van der Waals surface area contributed by atoms with Crippen LogP contribution in [0.4, 0.5) is 18.9 Å². The molecule has 1 aliphatic rings. The lowest BCUT2D eigenvalue weighted by Crippen LogP contribution is -2.33. The van der Waals surface area contributed by atoms with Crippen molar-refractivity contribution in [2.75, 3.05) is 11.4 Å². The van der Waals surface area contributed by atoms with Gasteiger partial charge in [-0.3, -0.25) is 0 Å². The highest BCUT2D eigenvalue weighted by atomic mass is 19.4. The highest BCUT2D eigenvalue weighted by Gasteiger charge is 2.34. The van der Waals surface area contributed by atoms with E-state index < -0.39 is 11.7 Å². The van der Waals surface area contributed by atoms with Gasteiger partial charge in [0, 0.05) is 31.2 Å². The first-order valence-electron chi connectivity index (χ1n) is 6.35. The molecule has 1 aromatic heterocycles. The van der Waals surface area contributed by atoms with Crippen molar-refractivity contribution in [3.05, 3.63) is 47.5 Å². The zero-order valence-electron chi connectivity index (χ0n) is 10.9. The molecular weight excluding hydrogens is 281 g/mol. The second-order valence-corrected chi connectivity index (χ2v) is 4.80. The molecule has 1 aromatic carbocycles. The van der Waals surface area contributed by atoms with Crippen LogP contribution in [0.1, 0.15) is 17.0 Å². The number of alkyl halides is 3. The molecule has 21 heavy (non-hydrogen) atoms. The highest BCUT2D eigenvalue weighted by molar-refractivity contribution is 5.55. The average molecular weight is 292 g/mol. The number of imidazole rings is 1. The van der Waals surface area contributed by atoms with Crippen LogP contribution < -0.4 is 4.90 Å². The lowest BCUT2D eigenvalue weighted by molar-refractivity contribution is -0.137. The fourth-order valence-electron chi connectivity index (χ4n) is 2.45. The Morgan fingerprint density at radius 3 is 2.76 bits per heavy atom. The smallest absolute Gasteiger partial charge is 0.362 e. The predicted molar refractivity (Wildman–Crippen MR) is 69.4 cm³/mol. The van der Waals surface area contributed by atoms with E-state index in [0.717, 1.165) is 11.9 Å². The van der Waals surface area contributed by atoms with Crippen LogP contribution in [-0.4, -0.2) is 16.1 Å². The van der Waals surface area contributed by atoms with Crippen LogP contribution in [0.15, 0.2) is 30.6 Å². The molecule has 108 valence electrons. The number of rotatable bonds is 1. The van der Waals surface area contributed by atoms with E-state index in [4.69, 9.17) is 5.26 Å². The van der Waals surface area contributed by atoms with Crippen molar-refractivity contribution >= 4 is 5.69 Å². The molecule has 0 unspecified atom stereocenters. The number of fused-ring (bicyclic) bond motifs is 1. The summed E-state index contributed by atoms with van der Waals surface area (Å²) in [5, 5.41) is 8.81. The number of nitriles is 1. The van der Waals surface area contributed by atoms with Crippen LogP contribution in [0.2, 0.25) is 0 Å². The number of hydrogen-bond donors (Lipinski definition) is 0. The summed E-state index contributed by atoms with van der Waals surface area (Å²) >= 11 is 0. The largest absolute Gasteiger partial charge is 0.417 e. The van der Waals surface area contributed by atoms with Crippen molar-refractivity contribution < 1.29 is 13.2 Å². The van der Waals surface area contributed by atoms with Gasteiger partial charge in [0.25, 0.3) is 0 Å². The third-order valence-corrected chi connectivity index (χ3v) is 3.54. The van der Waals surface area contributed by atoms with Gasteiger partial charge in [-0.15, -0.1) is 0 Å². The van der Waals surface area contributed by atoms with E-state index in [1.807, 2.05) is 15.7 Å². The zero-order valence-corrected chi connectivity index (χ0v) is 10.9. The van der Waals surface area contributed by atoms with Gasteiger partial charge in [0.1, 0.15) is 5.82 Å². The summed E-state index contributed by atoms with van der Waals surface area (Å²) in [7, 11) is 0. The van der Waals surface area contributed by atoms with Crippen LogP contribution >= 0.6 is 0 Å². The highest BCUT2D eigenvalue weighted by Crippen LogP contribution is 2.35. The number of aromatic nitrogens is 2. The van der Waals surface area contributed by atoms with Crippen molar-refractivity contribution in [1.29, 1.82) is 5.26 Å². The minimum atomic E-state index is -4.53. The first-order valence-corrected chi connectivity index (χ1v) is 6.35. The summed E-state index contributed by atoms with van der Waals surface area (Å²) in [4.78, 5) is 6.02. The Hall–Kier alpha value is -2.49. The summed E-state index contributed by atoms with van der Waals surface area (Å²) in [6.07, 6.45) is -0.999. The predicted octanol–water partition coefficient (Wildman–Crippen LogP) is 2.79. The molecule has 1 aliphatic heterocycles. The quantitative estimate of drug-likeness (QED) is 0.812. The van der Waals surface area contributed by atoms with Gasteiger partial charge in [-0.1, -0.05) is 0 Å². The van der Waals surface area contributed by atoms with E-state index >= 15 is 0 Å².